The van der Waals surface area contributed by atoms with E-state index in [2.05, 4.69) is 33.4 Å². The number of allylic oxidation sites excluding steroid dienone is 3. The molecule has 36 heavy (non-hydrogen) atoms. The van der Waals surface area contributed by atoms with Crippen LogP contribution in [-0.2, 0) is 14.2 Å². The summed E-state index contributed by atoms with van der Waals surface area (Å²) in [6.45, 7) is 3.27. The van der Waals surface area contributed by atoms with Gasteiger partial charge in [0.15, 0.2) is 5.76 Å². The minimum Gasteiger partial charge on any atom is -0.497 e. The van der Waals surface area contributed by atoms with Crippen LogP contribution in [-0.4, -0.2) is 67.0 Å². The summed E-state index contributed by atoms with van der Waals surface area (Å²) in [5.74, 6) is 1.49. The fourth-order valence-electron chi connectivity index (χ4n) is 4.91. The van der Waals surface area contributed by atoms with E-state index in [4.69, 9.17) is 18.9 Å². The van der Waals surface area contributed by atoms with Crippen molar-refractivity contribution in [2.75, 3.05) is 39.9 Å². The highest BCUT2D eigenvalue weighted by Crippen LogP contribution is 2.28. The first-order valence-electron chi connectivity index (χ1n) is 12.4. The number of methoxy groups -OCH3 is 1. The van der Waals surface area contributed by atoms with Crippen molar-refractivity contribution in [3.8, 4) is 5.75 Å². The van der Waals surface area contributed by atoms with E-state index in [1.54, 1.807) is 25.8 Å². The number of β-amino-alcohol motifs (C(OH)–C–C–N with tert-alkyl or cyclic N) is 1. The molecule has 0 spiro atoms. The number of nitrogens with zero attached hydrogens (tertiary/aromatic N) is 2. The van der Waals surface area contributed by atoms with Gasteiger partial charge in [0.1, 0.15) is 24.5 Å². The smallest absolute Gasteiger partial charge is 0.159 e. The summed E-state index contributed by atoms with van der Waals surface area (Å²) in [5.41, 5.74) is 2.95. The summed E-state index contributed by atoms with van der Waals surface area (Å²) < 4.78 is 22.5. The lowest BCUT2D eigenvalue weighted by Gasteiger charge is -2.35. The number of aliphatic hydroxyl groups excluding tert-OH is 1. The van der Waals surface area contributed by atoms with Crippen LogP contribution in [0.3, 0.4) is 0 Å². The van der Waals surface area contributed by atoms with Crippen molar-refractivity contribution in [3.05, 3.63) is 84.4 Å². The van der Waals surface area contributed by atoms with E-state index < -0.39 is 6.10 Å². The highest BCUT2D eigenvalue weighted by Gasteiger charge is 2.27. The van der Waals surface area contributed by atoms with Crippen LogP contribution in [0.5, 0.6) is 5.75 Å². The molecule has 3 aliphatic rings. The summed E-state index contributed by atoms with van der Waals surface area (Å²) in [5, 5.41) is 15.7. The Morgan fingerprint density at radius 2 is 2.22 bits per heavy atom. The third-order valence-corrected chi connectivity index (χ3v) is 6.77. The second kappa shape index (κ2) is 11.7. The molecule has 0 saturated carbocycles. The minimum atomic E-state index is -0.647. The Kier molecular flexibility index (Phi) is 7.98. The predicted molar refractivity (Wildman–Crippen MR) is 137 cm³/mol. The zero-order valence-corrected chi connectivity index (χ0v) is 20.5. The third-order valence-electron chi connectivity index (χ3n) is 6.77. The molecule has 0 amide bonds. The van der Waals surface area contributed by atoms with Crippen LogP contribution in [0.15, 0.2) is 78.8 Å². The molecule has 5 rings (SSSR count). The molecule has 0 bridgehead atoms. The van der Waals surface area contributed by atoms with Gasteiger partial charge < -0.3 is 29.4 Å². The van der Waals surface area contributed by atoms with E-state index in [0.29, 0.717) is 19.7 Å². The van der Waals surface area contributed by atoms with Crippen molar-refractivity contribution in [2.24, 2.45) is 0 Å². The summed E-state index contributed by atoms with van der Waals surface area (Å²) in [6, 6.07) is 7.54. The van der Waals surface area contributed by atoms with Crippen LogP contribution >= 0.6 is 0 Å². The lowest BCUT2D eigenvalue weighted by atomic mass is 9.96. The second-order valence-electron chi connectivity index (χ2n) is 9.15. The van der Waals surface area contributed by atoms with Crippen LogP contribution in [0, 0.1) is 0 Å². The van der Waals surface area contributed by atoms with Gasteiger partial charge in [-0.05, 0) is 48.2 Å². The van der Waals surface area contributed by atoms with Crippen molar-refractivity contribution in [3.63, 3.8) is 0 Å². The maximum atomic E-state index is 11.2. The van der Waals surface area contributed by atoms with Crippen molar-refractivity contribution in [1.82, 2.24) is 15.2 Å². The molecule has 1 aromatic carbocycles. The van der Waals surface area contributed by atoms with Gasteiger partial charge in [0.05, 0.1) is 37.5 Å². The molecular weight excluding hydrogens is 458 g/mol. The van der Waals surface area contributed by atoms with E-state index in [-0.39, 0.29) is 12.1 Å². The second-order valence-corrected chi connectivity index (χ2v) is 9.15. The zero-order valence-electron chi connectivity index (χ0n) is 20.5. The molecule has 8 heteroatoms. The summed E-state index contributed by atoms with van der Waals surface area (Å²) in [4.78, 5) is 6.69. The molecule has 1 aliphatic carbocycles. The molecule has 190 valence electrons. The first kappa shape index (κ1) is 24.5. The van der Waals surface area contributed by atoms with Gasteiger partial charge >= 0.3 is 0 Å². The minimum absolute atomic E-state index is 0.0110. The van der Waals surface area contributed by atoms with Gasteiger partial charge in [-0.15, -0.1) is 0 Å². The molecular formula is C28H33N3O5. The standard InChI is InChI=1S/C28H33N3O5/c1-33-21-7-8-25-24(15-21)23(9-10-29-25)26(32)18-31-11-12-35-22(17-31)16-30-28(20-5-3-2-4-6-20)27-19-34-13-14-36-27/h2-3,5,7-10,13-15,19,22,26,28,30,32H,4,6,11-12,16-18H2,1H3. The Bertz CT molecular complexity index is 1170. The van der Waals surface area contributed by atoms with E-state index in [1.165, 1.54) is 11.8 Å². The van der Waals surface area contributed by atoms with Gasteiger partial charge in [0, 0.05) is 37.8 Å². The zero-order chi connectivity index (χ0) is 24.7. The SMILES string of the molecule is COc1ccc2nccc(C(O)CN3CCOC(CNC(C4=CC=CCC4)C4=COC=CO4)C3)c2c1. The molecule has 8 nitrogen and oxygen atoms in total. The maximum Gasteiger partial charge on any atom is 0.159 e. The topological polar surface area (TPSA) is 85.3 Å². The van der Waals surface area contributed by atoms with Crippen molar-refractivity contribution >= 4 is 10.9 Å². The van der Waals surface area contributed by atoms with Crippen LogP contribution in [0.2, 0.25) is 0 Å². The number of rotatable bonds is 9. The van der Waals surface area contributed by atoms with Crippen LogP contribution in [0.25, 0.3) is 10.9 Å². The number of hydrogen-bond acceptors (Lipinski definition) is 8. The number of pyridine rings is 1. The van der Waals surface area contributed by atoms with E-state index >= 15 is 0 Å². The Hall–Kier alpha value is -3.17. The van der Waals surface area contributed by atoms with Gasteiger partial charge in [-0.2, -0.15) is 0 Å². The summed E-state index contributed by atoms with van der Waals surface area (Å²) >= 11 is 0. The van der Waals surface area contributed by atoms with Gasteiger partial charge in [-0.25, -0.2) is 0 Å². The Balaban J connectivity index is 1.22. The van der Waals surface area contributed by atoms with Crippen LogP contribution < -0.4 is 10.1 Å². The first-order valence-corrected chi connectivity index (χ1v) is 12.4. The number of fused-ring (bicyclic) bond motifs is 1. The van der Waals surface area contributed by atoms with E-state index in [9.17, 15) is 5.11 Å². The van der Waals surface area contributed by atoms with Crippen molar-refractivity contribution in [1.29, 1.82) is 0 Å². The Labute approximate surface area is 211 Å². The molecule has 2 aromatic rings. The van der Waals surface area contributed by atoms with Gasteiger partial charge in [0.25, 0.3) is 0 Å². The molecule has 2 N–H and O–H groups in total. The van der Waals surface area contributed by atoms with Crippen LogP contribution in [0.1, 0.15) is 24.5 Å². The van der Waals surface area contributed by atoms with Gasteiger partial charge in [0.2, 0.25) is 0 Å². The first-order chi connectivity index (χ1) is 17.7. The lowest BCUT2D eigenvalue weighted by Crippen LogP contribution is -2.49. The molecule has 1 saturated heterocycles. The van der Waals surface area contributed by atoms with Gasteiger partial charge in [-0.3, -0.25) is 9.88 Å². The summed E-state index contributed by atoms with van der Waals surface area (Å²) in [6.07, 6.45) is 14.2. The molecule has 1 fully saturated rings. The van der Waals surface area contributed by atoms with E-state index in [1.807, 2.05) is 24.3 Å². The molecule has 0 radical (unpaired) electrons. The van der Waals surface area contributed by atoms with Crippen molar-refractivity contribution < 1.29 is 24.1 Å². The Morgan fingerprint density at radius 3 is 3.03 bits per heavy atom. The number of aromatic nitrogens is 1. The lowest BCUT2D eigenvalue weighted by molar-refractivity contribution is -0.0400. The fraction of sp³-hybridized carbons (Fsp3) is 0.393. The van der Waals surface area contributed by atoms with E-state index in [0.717, 1.165) is 53.9 Å². The highest BCUT2D eigenvalue weighted by molar-refractivity contribution is 5.83. The number of aliphatic hydroxyl groups is 1. The average Bonchev–Trinajstić information content (AvgIpc) is 2.94. The molecule has 3 unspecified atom stereocenters. The molecule has 2 aliphatic heterocycles. The number of morpholine rings is 1. The average molecular weight is 492 g/mol. The van der Waals surface area contributed by atoms with Crippen molar-refractivity contribution in [2.45, 2.75) is 31.1 Å². The van der Waals surface area contributed by atoms with Crippen LogP contribution in [0.4, 0.5) is 0 Å². The largest absolute Gasteiger partial charge is 0.497 e. The maximum absolute atomic E-state index is 11.2. The van der Waals surface area contributed by atoms with Gasteiger partial charge in [-0.1, -0.05) is 18.2 Å². The number of hydrogen-bond donors (Lipinski definition) is 2. The quantitative estimate of drug-likeness (QED) is 0.551. The number of nitrogens with one attached hydrogen (secondary N) is 1. The monoisotopic (exact) mass is 491 g/mol. The summed E-state index contributed by atoms with van der Waals surface area (Å²) in [7, 11) is 1.64. The molecule has 3 atom stereocenters. The fourth-order valence-corrected chi connectivity index (χ4v) is 4.91. The molecule has 1 aromatic heterocycles. The third kappa shape index (κ3) is 5.79. The number of benzene rings is 1. The normalized spacial score (nSPS) is 21.8. The Morgan fingerprint density at radius 1 is 1.28 bits per heavy atom. The predicted octanol–water partition coefficient (Wildman–Crippen LogP) is 3.57. The molecule has 3 heterocycles. The highest BCUT2D eigenvalue weighted by atomic mass is 16.5. The number of ether oxygens (including phenoxy) is 4.